The molecule has 1 atom stereocenters. The fourth-order valence-corrected chi connectivity index (χ4v) is 4.49. The molecule has 0 saturated carbocycles. The van der Waals surface area contributed by atoms with Crippen LogP contribution in [-0.2, 0) is 0 Å². The summed E-state index contributed by atoms with van der Waals surface area (Å²) in [7, 11) is 0. The Morgan fingerprint density at radius 3 is 3.07 bits per heavy atom. The van der Waals surface area contributed by atoms with Crippen molar-refractivity contribution in [3.63, 3.8) is 0 Å². The number of nitriles is 1. The van der Waals surface area contributed by atoms with Gasteiger partial charge in [-0.1, -0.05) is 6.07 Å². The van der Waals surface area contributed by atoms with E-state index in [0.29, 0.717) is 17.6 Å². The number of piperidine rings is 1. The van der Waals surface area contributed by atoms with E-state index in [-0.39, 0.29) is 0 Å². The largest absolute Gasteiger partial charge is 0.360 e. The standard InChI is InChI=1S/C20H18N6S/c21-9-12-3-4-14-15(11-23-17(14)8-12)18-19-16(5-7-27-19)25-20(26-18)24-13-2-1-6-22-10-13/h3-5,7-8,11,13,22-23H,1-2,6,10H2,(H,24,25,26)/t13-/m0/s1. The van der Waals surface area contributed by atoms with Crippen molar-refractivity contribution >= 4 is 38.4 Å². The Bertz CT molecular complexity index is 1160. The van der Waals surface area contributed by atoms with Gasteiger partial charge < -0.3 is 15.6 Å². The van der Waals surface area contributed by atoms with E-state index in [1.807, 2.05) is 30.5 Å². The third-order valence-corrected chi connectivity index (χ3v) is 5.91. The summed E-state index contributed by atoms with van der Waals surface area (Å²) in [5.74, 6) is 0.674. The second-order valence-corrected chi connectivity index (χ2v) is 7.71. The molecule has 3 aromatic heterocycles. The van der Waals surface area contributed by atoms with Gasteiger partial charge in [-0.15, -0.1) is 11.3 Å². The Kier molecular flexibility index (Phi) is 4.00. The van der Waals surface area contributed by atoms with E-state index in [4.69, 9.17) is 15.2 Å². The van der Waals surface area contributed by atoms with Crippen molar-refractivity contribution in [3.8, 4) is 17.3 Å². The summed E-state index contributed by atoms with van der Waals surface area (Å²) >= 11 is 1.65. The summed E-state index contributed by atoms with van der Waals surface area (Å²) in [5, 5.41) is 19.2. The van der Waals surface area contributed by atoms with Crippen LogP contribution in [0.2, 0.25) is 0 Å². The Balaban J connectivity index is 1.62. The van der Waals surface area contributed by atoms with Crippen LogP contribution in [0.3, 0.4) is 0 Å². The average Bonchev–Trinajstić information content (AvgIpc) is 3.34. The van der Waals surface area contributed by atoms with Crippen LogP contribution in [0.1, 0.15) is 18.4 Å². The molecule has 0 radical (unpaired) electrons. The first-order chi connectivity index (χ1) is 13.3. The predicted octanol–water partition coefficient (Wildman–Crippen LogP) is 3.88. The third kappa shape index (κ3) is 2.93. The minimum Gasteiger partial charge on any atom is -0.360 e. The molecule has 6 nitrogen and oxygen atoms in total. The first-order valence-electron chi connectivity index (χ1n) is 9.06. The summed E-state index contributed by atoms with van der Waals surface area (Å²) in [6, 6.07) is 10.3. The molecule has 7 heteroatoms. The number of benzene rings is 1. The molecule has 1 aromatic carbocycles. The molecule has 1 aliphatic heterocycles. The number of anilines is 1. The van der Waals surface area contributed by atoms with Gasteiger partial charge in [0, 0.05) is 35.2 Å². The summed E-state index contributed by atoms with van der Waals surface area (Å²) < 4.78 is 1.08. The van der Waals surface area contributed by atoms with Gasteiger partial charge in [-0.3, -0.25) is 0 Å². The van der Waals surface area contributed by atoms with E-state index in [1.165, 1.54) is 0 Å². The zero-order chi connectivity index (χ0) is 18.2. The Morgan fingerprint density at radius 2 is 2.22 bits per heavy atom. The maximum absolute atomic E-state index is 9.13. The van der Waals surface area contributed by atoms with Crippen LogP contribution < -0.4 is 10.6 Å². The fourth-order valence-electron chi connectivity index (χ4n) is 3.66. The minimum atomic E-state index is 0.351. The number of fused-ring (bicyclic) bond motifs is 2. The van der Waals surface area contributed by atoms with Crippen LogP contribution in [0.25, 0.3) is 32.4 Å². The lowest BCUT2D eigenvalue weighted by atomic mass is 10.1. The predicted molar refractivity (Wildman–Crippen MR) is 109 cm³/mol. The monoisotopic (exact) mass is 374 g/mol. The van der Waals surface area contributed by atoms with E-state index in [0.717, 1.165) is 58.3 Å². The molecule has 134 valence electrons. The number of H-pyrrole nitrogens is 1. The van der Waals surface area contributed by atoms with Crippen molar-refractivity contribution in [1.82, 2.24) is 20.3 Å². The quantitative estimate of drug-likeness (QED) is 0.506. The minimum absolute atomic E-state index is 0.351. The molecular weight excluding hydrogens is 356 g/mol. The molecule has 5 rings (SSSR count). The van der Waals surface area contributed by atoms with Crippen molar-refractivity contribution in [2.24, 2.45) is 0 Å². The molecule has 4 heterocycles. The molecule has 0 bridgehead atoms. The number of thiophene rings is 1. The molecule has 27 heavy (non-hydrogen) atoms. The van der Waals surface area contributed by atoms with Gasteiger partial charge in [-0.25, -0.2) is 9.97 Å². The topological polar surface area (TPSA) is 89.4 Å². The number of hydrogen-bond acceptors (Lipinski definition) is 6. The van der Waals surface area contributed by atoms with Gasteiger partial charge in [-0.2, -0.15) is 5.26 Å². The average molecular weight is 374 g/mol. The fraction of sp³-hybridized carbons (Fsp3) is 0.250. The van der Waals surface area contributed by atoms with Gasteiger partial charge in [0.15, 0.2) is 0 Å². The number of aromatic amines is 1. The highest BCUT2D eigenvalue weighted by atomic mass is 32.1. The maximum Gasteiger partial charge on any atom is 0.224 e. The highest BCUT2D eigenvalue weighted by molar-refractivity contribution is 7.17. The lowest BCUT2D eigenvalue weighted by Crippen LogP contribution is -2.38. The Hall–Kier alpha value is -2.95. The van der Waals surface area contributed by atoms with E-state index >= 15 is 0 Å². The molecule has 1 fully saturated rings. The Labute approximate surface area is 160 Å². The van der Waals surface area contributed by atoms with Crippen molar-refractivity contribution in [2.45, 2.75) is 18.9 Å². The molecule has 0 unspecified atom stereocenters. The zero-order valence-corrected chi connectivity index (χ0v) is 15.4. The van der Waals surface area contributed by atoms with Crippen molar-refractivity contribution < 1.29 is 0 Å². The zero-order valence-electron chi connectivity index (χ0n) is 14.6. The molecule has 0 amide bonds. The number of aromatic nitrogens is 3. The normalized spacial score (nSPS) is 17.2. The summed E-state index contributed by atoms with van der Waals surface area (Å²) in [5.41, 5.74) is 4.51. The van der Waals surface area contributed by atoms with Crippen LogP contribution in [0.15, 0.2) is 35.8 Å². The molecule has 4 aromatic rings. The second kappa shape index (κ2) is 6.65. The number of nitrogens with one attached hydrogen (secondary N) is 3. The number of hydrogen-bond donors (Lipinski definition) is 3. The number of rotatable bonds is 3. The van der Waals surface area contributed by atoms with Crippen molar-refractivity contribution in [3.05, 3.63) is 41.4 Å². The van der Waals surface area contributed by atoms with Crippen LogP contribution in [-0.4, -0.2) is 34.1 Å². The molecular formula is C20H18N6S. The van der Waals surface area contributed by atoms with Gasteiger partial charge in [0.1, 0.15) is 0 Å². The first-order valence-corrected chi connectivity index (χ1v) is 9.94. The van der Waals surface area contributed by atoms with Crippen LogP contribution in [0, 0.1) is 11.3 Å². The van der Waals surface area contributed by atoms with Gasteiger partial charge in [0.2, 0.25) is 5.95 Å². The molecule has 0 aliphatic carbocycles. The molecule has 0 spiro atoms. The smallest absolute Gasteiger partial charge is 0.224 e. The lowest BCUT2D eigenvalue weighted by molar-refractivity contribution is 0.478. The highest BCUT2D eigenvalue weighted by Gasteiger charge is 2.18. The van der Waals surface area contributed by atoms with Crippen LogP contribution in [0.4, 0.5) is 5.95 Å². The van der Waals surface area contributed by atoms with Crippen molar-refractivity contribution in [2.75, 3.05) is 18.4 Å². The van der Waals surface area contributed by atoms with E-state index in [1.54, 1.807) is 11.3 Å². The third-order valence-electron chi connectivity index (χ3n) is 5.00. The molecule has 3 N–H and O–H groups in total. The summed E-state index contributed by atoms with van der Waals surface area (Å²) in [6.45, 7) is 2.01. The molecule has 1 aliphatic rings. The SMILES string of the molecule is N#Cc1ccc2c(-c3nc(N[C@H]4CCCNC4)nc4ccsc34)c[nH]c2c1. The van der Waals surface area contributed by atoms with Gasteiger partial charge in [-0.05, 0) is 43.0 Å². The van der Waals surface area contributed by atoms with E-state index in [2.05, 4.69) is 27.1 Å². The van der Waals surface area contributed by atoms with E-state index < -0.39 is 0 Å². The van der Waals surface area contributed by atoms with Crippen LogP contribution >= 0.6 is 11.3 Å². The Morgan fingerprint density at radius 1 is 1.26 bits per heavy atom. The van der Waals surface area contributed by atoms with Gasteiger partial charge in [0.25, 0.3) is 0 Å². The summed E-state index contributed by atoms with van der Waals surface area (Å²) in [6.07, 6.45) is 4.26. The van der Waals surface area contributed by atoms with Crippen LogP contribution in [0.5, 0.6) is 0 Å². The van der Waals surface area contributed by atoms with Gasteiger partial charge >= 0.3 is 0 Å². The first kappa shape index (κ1) is 16.2. The van der Waals surface area contributed by atoms with Crippen molar-refractivity contribution in [1.29, 1.82) is 5.26 Å². The number of nitrogens with zero attached hydrogens (tertiary/aromatic N) is 3. The second-order valence-electron chi connectivity index (χ2n) is 6.79. The lowest BCUT2D eigenvalue weighted by Gasteiger charge is -2.23. The highest BCUT2D eigenvalue weighted by Crippen LogP contribution is 2.35. The van der Waals surface area contributed by atoms with Gasteiger partial charge in [0.05, 0.1) is 27.5 Å². The van der Waals surface area contributed by atoms with E-state index in [9.17, 15) is 0 Å². The summed E-state index contributed by atoms with van der Waals surface area (Å²) in [4.78, 5) is 12.9. The molecule has 1 saturated heterocycles. The maximum atomic E-state index is 9.13.